The van der Waals surface area contributed by atoms with Crippen molar-refractivity contribution in [2.24, 2.45) is 5.92 Å². The number of nitrogens with one attached hydrogen (secondary N) is 1. The Morgan fingerprint density at radius 1 is 1.53 bits per heavy atom. The summed E-state index contributed by atoms with van der Waals surface area (Å²) < 4.78 is 13.2. The van der Waals surface area contributed by atoms with Gasteiger partial charge in [0.2, 0.25) is 0 Å². The molecule has 1 aromatic carbocycles. The lowest BCUT2D eigenvalue weighted by Gasteiger charge is -2.20. The molecular weight excluding hydrogens is 275 g/mol. The molecule has 0 fully saturated rings. The van der Waals surface area contributed by atoms with Crippen molar-refractivity contribution < 1.29 is 19.1 Å². The quantitative estimate of drug-likeness (QED) is 0.895. The smallest absolute Gasteiger partial charge is 0.321 e. The zero-order valence-electron chi connectivity index (χ0n) is 10.5. The molecule has 0 saturated carbocycles. The summed E-state index contributed by atoms with van der Waals surface area (Å²) in [7, 11) is 1.46. The van der Waals surface area contributed by atoms with Gasteiger partial charge < -0.3 is 15.3 Å². The van der Waals surface area contributed by atoms with Gasteiger partial charge in [-0.15, -0.1) is 0 Å². The summed E-state index contributed by atoms with van der Waals surface area (Å²) >= 11 is 5.52. The third-order valence-corrected chi connectivity index (χ3v) is 2.79. The predicted molar refractivity (Wildman–Crippen MR) is 69.9 cm³/mol. The van der Waals surface area contributed by atoms with Gasteiger partial charge in [0.15, 0.2) is 0 Å². The van der Waals surface area contributed by atoms with Gasteiger partial charge in [0.25, 0.3) is 0 Å². The fourth-order valence-electron chi connectivity index (χ4n) is 1.36. The van der Waals surface area contributed by atoms with E-state index in [0.717, 1.165) is 6.07 Å². The predicted octanol–water partition coefficient (Wildman–Crippen LogP) is 2.66. The van der Waals surface area contributed by atoms with Crippen LogP contribution in [-0.2, 0) is 4.79 Å². The Balaban J connectivity index is 2.63. The number of rotatable bonds is 4. The van der Waals surface area contributed by atoms with E-state index >= 15 is 0 Å². The molecule has 1 atom stereocenters. The summed E-state index contributed by atoms with van der Waals surface area (Å²) in [5.41, 5.74) is 0.252. The van der Waals surface area contributed by atoms with Crippen LogP contribution in [0.3, 0.4) is 0 Å². The van der Waals surface area contributed by atoms with Gasteiger partial charge in [-0.25, -0.2) is 9.18 Å². The molecule has 0 heterocycles. The number of benzene rings is 1. The van der Waals surface area contributed by atoms with Crippen molar-refractivity contribution in [3.63, 3.8) is 0 Å². The van der Waals surface area contributed by atoms with E-state index in [0.29, 0.717) is 0 Å². The van der Waals surface area contributed by atoms with Crippen LogP contribution in [0.1, 0.15) is 6.92 Å². The number of carbonyl (C=O) groups is 2. The first-order chi connectivity index (χ1) is 8.81. The van der Waals surface area contributed by atoms with Crippen LogP contribution in [0.4, 0.5) is 14.9 Å². The van der Waals surface area contributed by atoms with E-state index in [1.165, 1.54) is 31.0 Å². The van der Waals surface area contributed by atoms with Crippen LogP contribution in [0.2, 0.25) is 5.02 Å². The van der Waals surface area contributed by atoms with Crippen molar-refractivity contribution in [2.45, 2.75) is 6.92 Å². The maximum absolute atomic E-state index is 13.2. The second-order valence-electron chi connectivity index (χ2n) is 4.18. The summed E-state index contributed by atoms with van der Waals surface area (Å²) in [4.78, 5) is 23.6. The molecule has 1 aromatic rings. The van der Waals surface area contributed by atoms with E-state index in [-0.39, 0.29) is 17.3 Å². The maximum Gasteiger partial charge on any atom is 0.321 e. The normalized spacial score (nSPS) is 11.8. The second-order valence-corrected chi connectivity index (χ2v) is 4.59. The average Bonchev–Trinajstić information content (AvgIpc) is 2.33. The van der Waals surface area contributed by atoms with Crippen molar-refractivity contribution in [2.75, 3.05) is 18.9 Å². The third kappa shape index (κ3) is 4.40. The molecule has 7 heteroatoms. The molecular formula is C12H14ClFN2O3. The van der Waals surface area contributed by atoms with Gasteiger partial charge in [-0.2, -0.15) is 0 Å². The molecule has 0 aliphatic carbocycles. The van der Waals surface area contributed by atoms with Crippen molar-refractivity contribution in [1.29, 1.82) is 0 Å². The Bertz CT molecular complexity index is 496. The molecule has 0 saturated heterocycles. The van der Waals surface area contributed by atoms with Crippen molar-refractivity contribution in [3.8, 4) is 0 Å². The molecule has 0 spiro atoms. The fraction of sp³-hybridized carbons (Fsp3) is 0.333. The standard InChI is InChI=1S/C12H14ClFN2O3/c1-7(11(17)18)6-16(2)12(19)15-8-3-4-9(13)10(14)5-8/h3-5,7H,6H2,1-2H3,(H,15,19)(H,17,18). The third-order valence-electron chi connectivity index (χ3n) is 2.49. The van der Waals surface area contributed by atoms with Crippen LogP contribution in [0, 0.1) is 11.7 Å². The Kier molecular flexibility index (Phi) is 5.11. The van der Waals surface area contributed by atoms with Gasteiger partial charge >= 0.3 is 12.0 Å². The minimum Gasteiger partial charge on any atom is -0.481 e. The molecule has 2 N–H and O–H groups in total. The minimum atomic E-state index is -0.989. The Hall–Kier alpha value is -1.82. The van der Waals surface area contributed by atoms with Gasteiger partial charge in [-0.05, 0) is 18.2 Å². The molecule has 2 amide bonds. The number of carboxylic acid groups (broad SMARTS) is 1. The van der Waals surface area contributed by atoms with Gasteiger partial charge in [-0.1, -0.05) is 18.5 Å². The summed E-state index contributed by atoms with van der Waals surface area (Å²) in [6.45, 7) is 1.55. The number of halogens is 2. The summed E-state index contributed by atoms with van der Waals surface area (Å²) in [5.74, 6) is -2.31. The summed E-state index contributed by atoms with van der Waals surface area (Å²) in [6, 6.07) is 3.36. The Morgan fingerprint density at radius 3 is 2.68 bits per heavy atom. The van der Waals surface area contributed by atoms with E-state index in [1.807, 2.05) is 0 Å². The molecule has 0 aliphatic heterocycles. The minimum absolute atomic E-state index is 0.0362. The van der Waals surface area contributed by atoms with Crippen molar-refractivity contribution >= 4 is 29.3 Å². The van der Waals surface area contributed by atoms with Gasteiger partial charge in [0, 0.05) is 19.3 Å². The van der Waals surface area contributed by atoms with Crippen molar-refractivity contribution in [3.05, 3.63) is 29.0 Å². The lowest BCUT2D eigenvalue weighted by atomic mass is 10.2. The number of nitrogens with zero attached hydrogens (tertiary/aromatic N) is 1. The number of anilines is 1. The zero-order chi connectivity index (χ0) is 14.6. The number of aliphatic carboxylic acids is 1. The monoisotopic (exact) mass is 288 g/mol. The summed E-state index contributed by atoms with van der Waals surface area (Å²) in [5, 5.41) is 11.2. The van der Waals surface area contributed by atoms with E-state index in [1.54, 1.807) is 0 Å². The molecule has 5 nitrogen and oxygen atoms in total. The number of hydrogen-bond acceptors (Lipinski definition) is 2. The molecule has 0 radical (unpaired) electrons. The van der Waals surface area contributed by atoms with Crippen LogP contribution in [0.15, 0.2) is 18.2 Å². The van der Waals surface area contributed by atoms with Crippen LogP contribution in [-0.4, -0.2) is 35.6 Å². The zero-order valence-corrected chi connectivity index (χ0v) is 11.2. The number of carbonyl (C=O) groups excluding carboxylic acids is 1. The summed E-state index contributed by atoms with van der Waals surface area (Å²) in [6.07, 6.45) is 0. The van der Waals surface area contributed by atoms with Gasteiger partial charge in [0.1, 0.15) is 5.82 Å². The first-order valence-electron chi connectivity index (χ1n) is 5.51. The van der Waals surface area contributed by atoms with E-state index in [9.17, 15) is 14.0 Å². The fourth-order valence-corrected chi connectivity index (χ4v) is 1.48. The number of carboxylic acids is 1. The van der Waals surface area contributed by atoms with Gasteiger partial charge in [0.05, 0.1) is 10.9 Å². The largest absolute Gasteiger partial charge is 0.481 e. The highest BCUT2D eigenvalue weighted by atomic mass is 35.5. The number of hydrogen-bond donors (Lipinski definition) is 2. The molecule has 19 heavy (non-hydrogen) atoms. The van der Waals surface area contributed by atoms with Crippen LogP contribution >= 0.6 is 11.6 Å². The lowest BCUT2D eigenvalue weighted by molar-refractivity contribution is -0.141. The Labute approximate surface area is 115 Å². The Morgan fingerprint density at radius 2 is 2.16 bits per heavy atom. The molecule has 0 bridgehead atoms. The van der Waals surface area contributed by atoms with Gasteiger partial charge in [-0.3, -0.25) is 4.79 Å². The first kappa shape index (κ1) is 15.2. The molecule has 104 valence electrons. The highest BCUT2D eigenvalue weighted by molar-refractivity contribution is 6.30. The SMILES string of the molecule is CC(CN(C)C(=O)Nc1ccc(Cl)c(F)c1)C(=O)O. The van der Waals surface area contributed by atoms with Crippen LogP contribution in [0.5, 0.6) is 0 Å². The van der Waals surface area contributed by atoms with Crippen LogP contribution in [0.25, 0.3) is 0 Å². The van der Waals surface area contributed by atoms with Crippen molar-refractivity contribution in [1.82, 2.24) is 4.90 Å². The molecule has 1 rings (SSSR count). The highest BCUT2D eigenvalue weighted by Gasteiger charge is 2.17. The highest BCUT2D eigenvalue weighted by Crippen LogP contribution is 2.18. The average molecular weight is 289 g/mol. The van der Waals surface area contributed by atoms with Crippen LogP contribution < -0.4 is 5.32 Å². The first-order valence-corrected chi connectivity index (χ1v) is 5.89. The maximum atomic E-state index is 13.2. The van der Waals surface area contributed by atoms with E-state index in [4.69, 9.17) is 16.7 Å². The topological polar surface area (TPSA) is 69.6 Å². The number of amides is 2. The molecule has 0 aromatic heterocycles. The lowest BCUT2D eigenvalue weighted by Crippen LogP contribution is -2.36. The van der Waals surface area contributed by atoms with E-state index < -0.39 is 23.7 Å². The number of urea groups is 1. The van der Waals surface area contributed by atoms with E-state index in [2.05, 4.69) is 5.32 Å². The molecule has 1 unspecified atom stereocenters. The second kappa shape index (κ2) is 6.38. The molecule has 0 aliphatic rings.